The van der Waals surface area contributed by atoms with Crippen molar-refractivity contribution in [2.24, 2.45) is 0 Å². The monoisotopic (exact) mass is 390 g/mol. The van der Waals surface area contributed by atoms with Gasteiger partial charge in [0.25, 0.3) is 5.91 Å². The lowest BCUT2D eigenvalue weighted by molar-refractivity contribution is -0.142. The van der Waals surface area contributed by atoms with Crippen LogP contribution in [0.5, 0.6) is 0 Å². The molecular formula is C14H19BrN2O4S. The Morgan fingerprint density at radius 2 is 2.00 bits per heavy atom. The summed E-state index contributed by atoms with van der Waals surface area (Å²) < 4.78 is 0.820. The number of amides is 2. The summed E-state index contributed by atoms with van der Waals surface area (Å²) in [5.74, 6) is -1.94. The van der Waals surface area contributed by atoms with Gasteiger partial charge in [-0.25, -0.2) is 4.79 Å². The number of hydrogen-bond donors (Lipinski definition) is 3. The Morgan fingerprint density at radius 1 is 1.32 bits per heavy atom. The van der Waals surface area contributed by atoms with Crippen LogP contribution in [0.15, 0.2) is 15.9 Å². The second-order valence-electron chi connectivity index (χ2n) is 4.84. The highest BCUT2D eigenvalue weighted by atomic mass is 79.9. The second-order valence-corrected chi connectivity index (χ2v) is 7.30. The zero-order valence-corrected chi connectivity index (χ0v) is 14.8. The Labute approximate surface area is 141 Å². The van der Waals surface area contributed by atoms with Crippen molar-refractivity contribution >= 4 is 45.1 Å². The summed E-state index contributed by atoms with van der Waals surface area (Å²) in [7, 11) is 0. The van der Waals surface area contributed by atoms with Gasteiger partial charge in [-0.3, -0.25) is 9.59 Å². The number of hydrogen-bond acceptors (Lipinski definition) is 4. The summed E-state index contributed by atoms with van der Waals surface area (Å²) in [6.45, 7) is 3.47. The highest BCUT2D eigenvalue weighted by Crippen LogP contribution is 2.21. The Hall–Kier alpha value is -1.41. The fraction of sp³-hybridized carbons (Fsp3) is 0.500. The van der Waals surface area contributed by atoms with Crippen molar-refractivity contribution < 1.29 is 19.5 Å². The van der Waals surface area contributed by atoms with E-state index in [-0.39, 0.29) is 5.91 Å². The molecule has 0 spiro atoms. The third-order valence-corrected chi connectivity index (χ3v) is 4.62. The quantitative estimate of drug-likeness (QED) is 0.634. The van der Waals surface area contributed by atoms with E-state index in [2.05, 4.69) is 26.6 Å². The molecule has 0 aliphatic heterocycles. The zero-order chi connectivity index (χ0) is 16.7. The van der Waals surface area contributed by atoms with Gasteiger partial charge in [0.05, 0.1) is 8.66 Å². The van der Waals surface area contributed by atoms with Crippen molar-refractivity contribution in [3.05, 3.63) is 20.8 Å². The summed E-state index contributed by atoms with van der Waals surface area (Å²) in [6, 6.07) is 1.66. The van der Waals surface area contributed by atoms with Crippen LogP contribution in [-0.4, -0.2) is 35.0 Å². The maximum Gasteiger partial charge on any atom is 0.326 e. The van der Waals surface area contributed by atoms with Gasteiger partial charge in [-0.05, 0) is 41.4 Å². The van der Waals surface area contributed by atoms with Crippen molar-refractivity contribution in [2.45, 2.75) is 45.2 Å². The number of nitrogens with one attached hydrogen (secondary N) is 2. The van der Waals surface area contributed by atoms with Crippen molar-refractivity contribution in [3.63, 3.8) is 0 Å². The first-order valence-corrected chi connectivity index (χ1v) is 8.55. The van der Waals surface area contributed by atoms with E-state index in [0.29, 0.717) is 17.7 Å². The minimum absolute atomic E-state index is 0.362. The highest BCUT2D eigenvalue weighted by Gasteiger charge is 2.23. The van der Waals surface area contributed by atoms with Gasteiger partial charge in [0.15, 0.2) is 0 Å². The van der Waals surface area contributed by atoms with E-state index in [9.17, 15) is 14.4 Å². The predicted molar refractivity (Wildman–Crippen MR) is 88.0 cm³/mol. The zero-order valence-electron chi connectivity index (χ0n) is 12.4. The molecule has 3 N–H and O–H groups in total. The Morgan fingerprint density at radius 3 is 2.50 bits per heavy atom. The van der Waals surface area contributed by atoms with E-state index in [4.69, 9.17) is 5.11 Å². The Balaban J connectivity index is 2.56. The Kier molecular flexibility index (Phi) is 7.53. The molecule has 1 heterocycles. The fourth-order valence-corrected chi connectivity index (χ4v) is 3.02. The summed E-state index contributed by atoms with van der Waals surface area (Å²) >= 11 is 4.52. The first-order valence-electron chi connectivity index (χ1n) is 6.94. The number of unbranched alkanes of at least 4 members (excludes halogenated alkanes) is 1. The lowest BCUT2D eigenvalue weighted by atomic mass is 10.1. The van der Waals surface area contributed by atoms with Crippen LogP contribution >= 0.6 is 27.3 Å². The smallest absolute Gasteiger partial charge is 0.326 e. The molecule has 2 amide bonds. The van der Waals surface area contributed by atoms with Crippen LogP contribution in [0.1, 0.15) is 42.8 Å². The van der Waals surface area contributed by atoms with Gasteiger partial charge < -0.3 is 15.7 Å². The van der Waals surface area contributed by atoms with Crippen molar-refractivity contribution in [3.8, 4) is 0 Å². The minimum atomic E-state index is -1.07. The molecule has 0 bridgehead atoms. The minimum Gasteiger partial charge on any atom is -0.480 e. The van der Waals surface area contributed by atoms with Gasteiger partial charge in [0.1, 0.15) is 12.1 Å². The molecule has 122 valence electrons. The number of carboxylic acids is 1. The van der Waals surface area contributed by atoms with E-state index < -0.39 is 24.0 Å². The lowest BCUT2D eigenvalue weighted by Gasteiger charge is -2.18. The predicted octanol–water partition coefficient (Wildman–Crippen LogP) is 2.39. The van der Waals surface area contributed by atoms with Gasteiger partial charge >= 0.3 is 5.97 Å². The molecule has 0 aliphatic carbocycles. The molecule has 0 radical (unpaired) electrons. The number of thiophene rings is 1. The van der Waals surface area contributed by atoms with Crippen LogP contribution in [0.4, 0.5) is 0 Å². The van der Waals surface area contributed by atoms with E-state index in [1.165, 1.54) is 18.3 Å². The second kappa shape index (κ2) is 8.89. The number of carbonyl (C=O) groups excluding carboxylic acids is 2. The topological polar surface area (TPSA) is 95.5 Å². The van der Waals surface area contributed by atoms with Gasteiger partial charge in [-0.15, -0.1) is 11.3 Å². The highest BCUT2D eigenvalue weighted by molar-refractivity contribution is 9.11. The molecule has 0 saturated heterocycles. The summed E-state index contributed by atoms with van der Waals surface area (Å²) in [5, 5.41) is 14.1. The Bertz CT molecular complexity index is 547. The first-order chi connectivity index (χ1) is 10.3. The van der Waals surface area contributed by atoms with E-state index in [1.54, 1.807) is 12.1 Å². The van der Waals surface area contributed by atoms with Crippen LogP contribution in [0.2, 0.25) is 0 Å². The SMILES string of the molecule is CCCC[C@H](NC(=O)C(C)NC(=O)c1ccc(Br)s1)C(=O)O. The number of rotatable bonds is 8. The van der Waals surface area contributed by atoms with Crippen molar-refractivity contribution in [1.82, 2.24) is 10.6 Å². The maximum atomic E-state index is 12.0. The standard InChI is InChI=1S/C14H19BrN2O4S/c1-3-4-5-9(14(20)21)17-12(18)8(2)16-13(19)10-6-7-11(15)22-10/h6-9H,3-5H2,1-2H3,(H,16,19)(H,17,18)(H,20,21)/t8?,9-/m0/s1. The molecular weight excluding hydrogens is 372 g/mol. The summed E-state index contributed by atoms with van der Waals surface area (Å²) in [5.41, 5.74) is 0. The van der Waals surface area contributed by atoms with Crippen LogP contribution in [0.3, 0.4) is 0 Å². The molecule has 2 atom stereocenters. The van der Waals surface area contributed by atoms with Gasteiger partial charge in [-0.1, -0.05) is 19.8 Å². The van der Waals surface area contributed by atoms with Crippen LogP contribution in [0.25, 0.3) is 0 Å². The van der Waals surface area contributed by atoms with Gasteiger partial charge in [0.2, 0.25) is 5.91 Å². The molecule has 1 aromatic rings. The average molecular weight is 391 g/mol. The fourth-order valence-electron chi connectivity index (χ4n) is 1.73. The largest absolute Gasteiger partial charge is 0.480 e. The molecule has 1 unspecified atom stereocenters. The van der Waals surface area contributed by atoms with E-state index in [1.807, 2.05) is 6.92 Å². The molecule has 8 heteroatoms. The summed E-state index contributed by atoms with van der Waals surface area (Å²) in [6.07, 6.45) is 1.93. The first kappa shape index (κ1) is 18.6. The average Bonchev–Trinajstić information content (AvgIpc) is 2.89. The lowest BCUT2D eigenvalue weighted by Crippen LogP contribution is -2.50. The third kappa shape index (κ3) is 5.76. The molecule has 0 aliphatic rings. The van der Waals surface area contributed by atoms with Crippen molar-refractivity contribution in [1.29, 1.82) is 0 Å². The van der Waals surface area contributed by atoms with Gasteiger partial charge in [0, 0.05) is 0 Å². The number of halogens is 1. The molecule has 1 rings (SSSR count). The normalized spacial score (nSPS) is 13.2. The molecule has 6 nitrogen and oxygen atoms in total. The summed E-state index contributed by atoms with van der Waals surface area (Å²) in [4.78, 5) is 35.5. The third-order valence-electron chi connectivity index (χ3n) is 3.00. The van der Waals surface area contributed by atoms with E-state index >= 15 is 0 Å². The molecule has 0 fully saturated rings. The number of aliphatic carboxylic acids is 1. The van der Waals surface area contributed by atoms with Crippen LogP contribution < -0.4 is 10.6 Å². The van der Waals surface area contributed by atoms with E-state index in [0.717, 1.165) is 10.2 Å². The van der Waals surface area contributed by atoms with Gasteiger partial charge in [-0.2, -0.15) is 0 Å². The molecule has 0 aromatic carbocycles. The molecule has 0 saturated carbocycles. The molecule has 22 heavy (non-hydrogen) atoms. The van der Waals surface area contributed by atoms with Crippen LogP contribution in [-0.2, 0) is 9.59 Å². The van der Waals surface area contributed by atoms with Crippen molar-refractivity contribution in [2.75, 3.05) is 0 Å². The molecule has 1 aromatic heterocycles. The number of carbonyl (C=O) groups is 3. The van der Waals surface area contributed by atoms with Crippen LogP contribution in [0, 0.1) is 0 Å². The maximum absolute atomic E-state index is 12.0. The number of carboxylic acid groups (broad SMARTS) is 1.